The molecule has 0 radical (unpaired) electrons. The van der Waals surface area contributed by atoms with Crippen molar-refractivity contribution in [3.8, 4) is 0 Å². The first kappa shape index (κ1) is 18.9. The second-order valence-corrected chi connectivity index (χ2v) is 6.30. The predicted molar refractivity (Wildman–Crippen MR) is 89.5 cm³/mol. The Balaban J connectivity index is 2.26. The van der Waals surface area contributed by atoms with Crippen molar-refractivity contribution >= 4 is 11.9 Å². The number of allylic oxidation sites excluding steroid dienone is 1. The van der Waals surface area contributed by atoms with Gasteiger partial charge in [0.2, 0.25) is 0 Å². The molecule has 0 aromatic carbocycles. The van der Waals surface area contributed by atoms with Gasteiger partial charge in [-0.2, -0.15) is 0 Å². The van der Waals surface area contributed by atoms with E-state index in [1.807, 2.05) is 12.2 Å². The highest BCUT2D eigenvalue weighted by molar-refractivity contribution is 5.86. The van der Waals surface area contributed by atoms with Crippen molar-refractivity contribution in [1.29, 1.82) is 0 Å². The summed E-state index contributed by atoms with van der Waals surface area (Å²) in [5, 5.41) is 0. The van der Waals surface area contributed by atoms with Crippen LogP contribution in [-0.4, -0.2) is 11.9 Å². The summed E-state index contributed by atoms with van der Waals surface area (Å²) in [4.78, 5) is 23.0. The van der Waals surface area contributed by atoms with E-state index in [-0.39, 0.29) is 12.4 Å². The number of hydrogen-bond donors (Lipinski definition) is 0. The van der Waals surface area contributed by atoms with Crippen LogP contribution >= 0.6 is 0 Å². The summed E-state index contributed by atoms with van der Waals surface area (Å²) in [7, 11) is 0. The molecule has 1 rings (SSSR count). The molecule has 0 saturated heterocycles. The molecule has 126 valence electrons. The molecule has 1 heterocycles. The quantitative estimate of drug-likeness (QED) is 0.338. The average Bonchev–Trinajstić information content (AvgIpc) is 2.49. The van der Waals surface area contributed by atoms with Crippen LogP contribution in [0.25, 0.3) is 0 Å². The van der Waals surface area contributed by atoms with Gasteiger partial charge in [-0.25, -0.2) is 0 Å². The van der Waals surface area contributed by atoms with Crippen LogP contribution in [0, 0.1) is 0 Å². The molecule has 3 nitrogen and oxygen atoms in total. The second kappa shape index (κ2) is 13.5. The molecular formula is C19H32O3. The number of carbonyl (C=O) groups is 2. The smallest absolute Gasteiger partial charge is 0.317 e. The van der Waals surface area contributed by atoms with E-state index in [1.165, 1.54) is 64.2 Å². The van der Waals surface area contributed by atoms with Crippen molar-refractivity contribution in [2.45, 2.75) is 96.3 Å². The Morgan fingerprint density at radius 1 is 0.591 bits per heavy atom. The number of ether oxygens (including phenoxy) is 1. The number of cyclic esters (lactones) is 2. The van der Waals surface area contributed by atoms with Gasteiger partial charge < -0.3 is 4.74 Å². The van der Waals surface area contributed by atoms with E-state index in [0.29, 0.717) is 6.42 Å². The van der Waals surface area contributed by atoms with Crippen LogP contribution in [0.5, 0.6) is 0 Å². The fraction of sp³-hybridized carbons (Fsp3) is 0.789. The van der Waals surface area contributed by atoms with Gasteiger partial charge >= 0.3 is 11.9 Å². The Labute approximate surface area is 135 Å². The minimum Gasteiger partial charge on any atom is -0.393 e. The zero-order valence-corrected chi connectivity index (χ0v) is 14.0. The third-order valence-corrected chi connectivity index (χ3v) is 4.18. The largest absolute Gasteiger partial charge is 0.393 e. The van der Waals surface area contributed by atoms with Crippen LogP contribution in [0.1, 0.15) is 96.3 Å². The highest BCUT2D eigenvalue weighted by Crippen LogP contribution is 2.13. The van der Waals surface area contributed by atoms with Crippen molar-refractivity contribution in [3.63, 3.8) is 0 Å². The predicted octanol–water partition coefficient (Wildman–Crippen LogP) is 5.48. The van der Waals surface area contributed by atoms with E-state index in [1.54, 1.807) is 0 Å². The van der Waals surface area contributed by atoms with Gasteiger partial charge in [0.1, 0.15) is 0 Å². The maximum atomic E-state index is 11.5. The van der Waals surface area contributed by atoms with E-state index in [4.69, 9.17) is 4.74 Å². The molecule has 0 atom stereocenters. The average molecular weight is 308 g/mol. The summed E-state index contributed by atoms with van der Waals surface area (Å²) in [6, 6.07) is 0. The Hall–Kier alpha value is -1.12. The maximum Gasteiger partial charge on any atom is 0.317 e. The van der Waals surface area contributed by atoms with Gasteiger partial charge in [0.05, 0.1) is 6.42 Å². The first-order valence-electron chi connectivity index (χ1n) is 9.17. The van der Waals surface area contributed by atoms with Crippen LogP contribution < -0.4 is 0 Å². The summed E-state index contributed by atoms with van der Waals surface area (Å²) in [5.41, 5.74) is 0. The number of esters is 2. The number of rotatable bonds is 0. The molecule has 0 N–H and O–H groups in total. The van der Waals surface area contributed by atoms with Crippen molar-refractivity contribution in [3.05, 3.63) is 12.2 Å². The number of hydrogen-bond acceptors (Lipinski definition) is 3. The molecule has 0 spiro atoms. The lowest BCUT2D eigenvalue weighted by atomic mass is 10.0. The summed E-state index contributed by atoms with van der Waals surface area (Å²) in [6.45, 7) is 0. The zero-order chi connectivity index (χ0) is 15.9. The molecule has 0 aromatic heterocycles. The molecule has 3 heteroatoms. The second-order valence-electron chi connectivity index (χ2n) is 6.30. The summed E-state index contributed by atoms with van der Waals surface area (Å²) in [5.74, 6) is -0.788. The third kappa shape index (κ3) is 11.5. The topological polar surface area (TPSA) is 43.4 Å². The molecule has 0 bridgehead atoms. The fourth-order valence-electron chi connectivity index (χ4n) is 2.82. The van der Waals surface area contributed by atoms with Gasteiger partial charge in [0.15, 0.2) is 0 Å². The lowest BCUT2D eigenvalue weighted by Gasteiger charge is -2.04. The maximum absolute atomic E-state index is 11.5. The van der Waals surface area contributed by atoms with Crippen molar-refractivity contribution in [1.82, 2.24) is 0 Å². The van der Waals surface area contributed by atoms with E-state index >= 15 is 0 Å². The van der Waals surface area contributed by atoms with Crippen LogP contribution in [-0.2, 0) is 14.3 Å². The Bertz CT molecular complexity index is 334. The first-order valence-corrected chi connectivity index (χ1v) is 9.17. The Morgan fingerprint density at radius 3 is 1.68 bits per heavy atom. The molecule has 1 aliphatic heterocycles. The molecule has 0 saturated carbocycles. The van der Waals surface area contributed by atoms with Crippen LogP contribution in [0.15, 0.2) is 12.2 Å². The molecule has 0 aromatic rings. The molecule has 1 aliphatic rings. The summed E-state index contributed by atoms with van der Waals surface area (Å²) >= 11 is 0. The standard InChI is InChI=1S/C19H32O3/c20-18-16-14-12-10-8-6-4-2-1-3-5-7-9-11-13-15-17-19(21)22-18/h12,14H,1-11,13,15-17H2/b14-12+. The van der Waals surface area contributed by atoms with Gasteiger partial charge in [0, 0.05) is 6.42 Å². The zero-order valence-electron chi connectivity index (χ0n) is 14.0. The van der Waals surface area contributed by atoms with Gasteiger partial charge in [-0.1, -0.05) is 76.4 Å². The SMILES string of the molecule is O=C1C/C=C/CCCCCCCCCCCCCCC(=O)O1. The van der Waals surface area contributed by atoms with E-state index < -0.39 is 5.97 Å². The Morgan fingerprint density at radius 2 is 1.09 bits per heavy atom. The van der Waals surface area contributed by atoms with Crippen LogP contribution in [0.4, 0.5) is 0 Å². The highest BCUT2D eigenvalue weighted by Gasteiger charge is 2.08. The minimum absolute atomic E-state index is 0.214. The van der Waals surface area contributed by atoms with Crippen molar-refractivity contribution in [2.75, 3.05) is 0 Å². The molecule has 0 aliphatic carbocycles. The normalized spacial score (nSPS) is 23.5. The van der Waals surface area contributed by atoms with Crippen molar-refractivity contribution in [2.24, 2.45) is 0 Å². The van der Waals surface area contributed by atoms with Gasteiger partial charge in [-0.05, 0) is 19.3 Å². The van der Waals surface area contributed by atoms with E-state index in [0.717, 1.165) is 19.3 Å². The third-order valence-electron chi connectivity index (χ3n) is 4.18. The monoisotopic (exact) mass is 308 g/mol. The van der Waals surface area contributed by atoms with E-state index in [9.17, 15) is 9.59 Å². The Kier molecular flexibility index (Phi) is 11.6. The number of carbonyl (C=O) groups excluding carboxylic acids is 2. The van der Waals surface area contributed by atoms with Crippen molar-refractivity contribution < 1.29 is 14.3 Å². The lowest BCUT2D eigenvalue weighted by molar-refractivity contribution is -0.159. The van der Waals surface area contributed by atoms with Gasteiger partial charge in [-0.15, -0.1) is 0 Å². The van der Waals surface area contributed by atoms with Gasteiger partial charge in [0.25, 0.3) is 0 Å². The van der Waals surface area contributed by atoms with Gasteiger partial charge in [-0.3, -0.25) is 9.59 Å². The van der Waals surface area contributed by atoms with Crippen LogP contribution in [0.2, 0.25) is 0 Å². The molecule has 0 amide bonds. The lowest BCUT2D eigenvalue weighted by Crippen LogP contribution is -2.11. The first-order chi connectivity index (χ1) is 10.8. The highest BCUT2D eigenvalue weighted by atomic mass is 16.6. The fourth-order valence-corrected chi connectivity index (χ4v) is 2.82. The van der Waals surface area contributed by atoms with E-state index in [2.05, 4.69) is 0 Å². The molecule has 0 unspecified atom stereocenters. The molecule has 0 fully saturated rings. The minimum atomic E-state index is -0.421. The van der Waals surface area contributed by atoms with Crippen LogP contribution in [0.3, 0.4) is 0 Å². The molecule has 22 heavy (non-hydrogen) atoms. The summed E-state index contributed by atoms with van der Waals surface area (Å²) < 4.78 is 4.80. The molecular weight excluding hydrogens is 276 g/mol. The summed E-state index contributed by atoms with van der Waals surface area (Å²) in [6.07, 6.45) is 20.3.